The van der Waals surface area contributed by atoms with Crippen LogP contribution < -0.4 is 5.32 Å². The van der Waals surface area contributed by atoms with Crippen LogP contribution in [0, 0.1) is 0 Å². The fourth-order valence-electron chi connectivity index (χ4n) is 2.60. The van der Waals surface area contributed by atoms with Crippen molar-refractivity contribution in [1.82, 2.24) is 10.2 Å². The van der Waals surface area contributed by atoms with Crippen LogP contribution in [0.2, 0.25) is 0 Å². The molecule has 1 saturated heterocycles. The summed E-state index contributed by atoms with van der Waals surface area (Å²) in [5.74, 6) is 0. The summed E-state index contributed by atoms with van der Waals surface area (Å²) >= 11 is 0. The Morgan fingerprint density at radius 2 is 2.21 bits per heavy atom. The van der Waals surface area contributed by atoms with Gasteiger partial charge in [-0.25, -0.2) is 4.79 Å². The summed E-state index contributed by atoms with van der Waals surface area (Å²) in [6.45, 7) is 1.68. The molecule has 2 atom stereocenters. The highest BCUT2D eigenvalue weighted by atomic mass is 16.5. The third-order valence-corrected chi connectivity index (χ3v) is 3.30. The lowest BCUT2D eigenvalue weighted by Gasteiger charge is -2.43. The van der Waals surface area contributed by atoms with E-state index in [1.54, 1.807) is 0 Å². The molecule has 4 heteroatoms. The van der Waals surface area contributed by atoms with E-state index < -0.39 is 0 Å². The molecule has 14 heavy (non-hydrogen) atoms. The fraction of sp³-hybridized carbons (Fsp3) is 0.900. The Morgan fingerprint density at radius 3 is 3.00 bits per heavy atom. The van der Waals surface area contributed by atoms with Gasteiger partial charge in [0.05, 0.1) is 13.2 Å². The van der Waals surface area contributed by atoms with Crippen molar-refractivity contribution in [2.24, 2.45) is 0 Å². The van der Waals surface area contributed by atoms with Crippen molar-refractivity contribution in [3.63, 3.8) is 0 Å². The number of fused-ring (bicyclic) bond motifs is 1. The van der Waals surface area contributed by atoms with Crippen molar-refractivity contribution in [3.05, 3.63) is 0 Å². The highest BCUT2D eigenvalue weighted by Crippen LogP contribution is 2.25. The van der Waals surface area contributed by atoms with Crippen LogP contribution >= 0.6 is 0 Å². The van der Waals surface area contributed by atoms with Crippen LogP contribution in [0.15, 0.2) is 0 Å². The van der Waals surface area contributed by atoms with E-state index in [-0.39, 0.29) is 6.09 Å². The Hall–Kier alpha value is -0.770. The molecule has 80 valence electrons. The Bertz CT molecular complexity index is 218. The maximum atomic E-state index is 11.5. The molecule has 0 bridgehead atoms. The number of rotatable bonds is 0. The maximum absolute atomic E-state index is 11.5. The number of ether oxygens (including phenoxy) is 1. The highest BCUT2D eigenvalue weighted by molar-refractivity contribution is 5.68. The SMILES string of the molecule is COC(=O)N1CCNC2CCCCC21. The second kappa shape index (κ2) is 4.17. The predicted octanol–water partition coefficient (Wildman–Crippen LogP) is 0.969. The number of nitrogens with one attached hydrogen (secondary N) is 1. The van der Waals surface area contributed by atoms with Gasteiger partial charge in [-0.2, -0.15) is 0 Å². The maximum Gasteiger partial charge on any atom is 0.409 e. The molecule has 2 fully saturated rings. The number of carbonyl (C=O) groups excluding carboxylic acids is 1. The summed E-state index contributed by atoms with van der Waals surface area (Å²) in [4.78, 5) is 13.4. The van der Waals surface area contributed by atoms with E-state index in [2.05, 4.69) is 5.32 Å². The quantitative estimate of drug-likeness (QED) is 0.630. The number of hydrogen-bond acceptors (Lipinski definition) is 3. The zero-order chi connectivity index (χ0) is 9.97. The van der Waals surface area contributed by atoms with Crippen molar-refractivity contribution in [2.45, 2.75) is 37.8 Å². The van der Waals surface area contributed by atoms with E-state index >= 15 is 0 Å². The topological polar surface area (TPSA) is 41.6 Å². The molecular formula is C10H18N2O2. The van der Waals surface area contributed by atoms with Gasteiger partial charge in [0.25, 0.3) is 0 Å². The van der Waals surface area contributed by atoms with Gasteiger partial charge in [-0.3, -0.25) is 0 Å². The summed E-state index contributed by atoms with van der Waals surface area (Å²) in [6.07, 6.45) is 4.66. The van der Waals surface area contributed by atoms with Gasteiger partial charge in [0.15, 0.2) is 0 Å². The van der Waals surface area contributed by atoms with Gasteiger partial charge in [-0.05, 0) is 12.8 Å². The van der Waals surface area contributed by atoms with Crippen molar-refractivity contribution < 1.29 is 9.53 Å². The minimum absolute atomic E-state index is 0.164. The van der Waals surface area contributed by atoms with Crippen molar-refractivity contribution in [2.75, 3.05) is 20.2 Å². The van der Waals surface area contributed by atoms with Crippen molar-refractivity contribution in [1.29, 1.82) is 0 Å². The Labute approximate surface area is 84.6 Å². The Kier molecular flexibility index (Phi) is 2.91. The van der Waals surface area contributed by atoms with Crippen LogP contribution in [0.1, 0.15) is 25.7 Å². The zero-order valence-electron chi connectivity index (χ0n) is 8.66. The Balaban J connectivity index is 2.04. The van der Waals surface area contributed by atoms with Gasteiger partial charge in [-0.1, -0.05) is 12.8 Å². The summed E-state index contributed by atoms with van der Waals surface area (Å²) in [7, 11) is 1.46. The molecule has 1 amide bonds. The van der Waals surface area contributed by atoms with Gasteiger partial charge in [0.1, 0.15) is 0 Å². The molecule has 0 aromatic heterocycles. The lowest BCUT2D eigenvalue weighted by molar-refractivity contribution is 0.0640. The number of nitrogens with zero attached hydrogens (tertiary/aromatic N) is 1. The normalized spacial score (nSPS) is 32.2. The van der Waals surface area contributed by atoms with Crippen LogP contribution in [0.5, 0.6) is 0 Å². The average molecular weight is 198 g/mol. The van der Waals surface area contributed by atoms with E-state index in [0.29, 0.717) is 12.1 Å². The largest absolute Gasteiger partial charge is 0.453 e. The second-order valence-electron chi connectivity index (χ2n) is 4.08. The van der Waals surface area contributed by atoms with E-state index in [4.69, 9.17) is 4.74 Å². The average Bonchev–Trinajstić information content (AvgIpc) is 2.27. The van der Waals surface area contributed by atoms with Gasteiger partial charge in [0, 0.05) is 19.1 Å². The molecule has 4 nitrogen and oxygen atoms in total. The smallest absolute Gasteiger partial charge is 0.409 e. The van der Waals surface area contributed by atoms with Crippen LogP contribution in [0.4, 0.5) is 4.79 Å². The summed E-state index contributed by atoms with van der Waals surface area (Å²) in [5.41, 5.74) is 0. The number of piperazine rings is 1. The second-order valence-corrected chi connectivity index (χ2v) is 4.08. The lowest BCUT2D eigenvalue weighted by Crippen LogP contribution is -2.60. The van der Waals surface area contributed by atoms with Crippen LogP contribution in [0.25, 0.3) is 0 Å². The molecule has 0 spiro atoms. The lowest BCUT2D eigenvalue weighted by atomic mass is 9.88. The number of hydrogen-bond donors (Lipinski definition) is 1. The molecule has 1 heterocycles. The zero-order valence-corrected chi connectivity index (χ0v) is 8.66. The van der Waals surface area contributed by atoms with E-state index in [9.17, 15) is 4.79 Å². The van der Waals surface area contributed by atoms with Gasteiger partial charge in [0.2, 0.25) is 0 Å². The molecule has 1 saturated carbocycles. The van der Waals surface area contributed by atoms with Crippen molar-refractivity contribution >= 4 is 6.09 Å². The molecule has 1 aliphatic carbocycles. The molecule has 2 unspecified atom stereocenters. The summed E-state index contributed by atoms with van der Waals surface area (Å²) in [6, 6.07) is 0.863. The predicted molar refractivity (Wildman–Crippen MR) is 53.2 cm³/mol. The fourth-order valence-corrected chi connectivity index (χ4v) is 2.60. The summed E-state index contributed by atoms with van der Waals surface area (Å²) in [5, 5.41) is 3.48. The molecule has 1 N–H and O–H groups in total. The Morgan fingerprint density at radius 1 is 1.43 bits per heavy atom. The molecule has 0 radical (unpaired) electrons. The van der Waals surface area contributed by atoms with Crippen LogP contribution in [-0.2, 0) is 4.74 Å². The molecular weight excluding hydrogens is 180 g/mol. The van der Waals surface area contributed by atoms with Gasteiger partial charge >= 0.3 is 6.09 Å². The first-order valence-corrected chi connectivity index (χ1v) is 5.41. The van der Waals surface area contributed by atoms with E-state index in [1.165, 1.54) is 26.4 Å². The molecule has 2 rings (SSSR count). The van der Waals surface area contributed by atoms with Gasteiger partial charge < -0.3 is 15.0 Å². The summed E-state index contributed by atoms with van der Waals surface area (Å²) < 4.78 is 4.80. The molecule has 1 aliphatic heterocycles. The number of carbonyl (C=O) groups is 1. The monoisotopic (exact) mass is 198 g/mol. The highest BCUT2D eigenvalue weighted by Gasteiger charge is 2.35. The third kappa shape index (κ3) is 1.71. The van der Waals surface area contributed by atoms with E-state index in [0.717, 1.165) is 19.5 Å². The number of methoxy groups -OCH3 is 1. The number of amides is 1. The van der Waals surface area contributed by atoms with Crippen LogP contribution in [0.3, 0.4) is 0 Å². The van der Waals surface area contributed by atoms with Crippen LogP contribution in [-0.4, -0.2) is 43.3 Å². The van der Waals surface area contributed by atoms with Crippen molar-refractivity contribution in [3.8, 4) is 0 Å². The molecule has 0 aromatic carbocycles. The standard InChI is InChI=1S/C10H18N2O2/c1-14-10(13)12-7-6-11-8-4-2-3-5-9(8)12/h8-9,11H,2-7H2,1H3. The molecule has 2 aliphatic rings. The van der Waals surface area contributed by atoms with Gasteiger partial charge in [-0.15, -0.1) is 0 Å². The first-order chi connectivity index (χ1) is 6.83. The third-order valence-electron chi connectivity index (χ3n) is 3.30. The molecule has 0 aromatic rings. The first-order valence-electron chi connectivity index (χ1n) is 5.41. The minimum Gasteiger partial charge on any atom is -0.453 e. The first kappa shape index (κ1) is 9.77. The van der Waals surface area contributed by atoms with E-state index in [1.807, 2.05) is 4.90 Å². The minimum atomic E-state index is -0.164.